The lowest BCUT2D eigenvalue weighted by atomic mass is 10.1. The molecule has 0 saturated heterocycles. The van der Waals surface area contributed by atoms with E-state index in [2.05, 4.69) is 42.3 Å². The number of fused-ring (bicyclic) bond motifs is 1. The lowest BCUT2D eigenvalue weighted by Crippen LogP contribution is -1.96. The number of nitrogens with two attached hydrogens (primary N) is 1. The average molecular weight is 263 g/mol. The van der Waals surface area contributed by atoms with Crippen molar-refractivity contribution in [2.75, 3.05) is 11.1 Å². The van der Waals surface area contributed by atoms with Crippen molar-refractivity contribution in [1.29, 1.82) is 0 Å². The van der Waals surface area contributed by atoms with Gasteiger partial charge in [-0.05, 0) is 37.6 Å². The van der Waals surface area contributed by atoms with Crippen LogP contribution in [0.4, 0.5) is 17.1 Å². The number of hydrogen-bond donors (Lipinski definition) is 2. The Morgan fingerprint density at radius 3 is 2.65 bits per heavy atom. The summed E-state index contributed by atoms with van der Waals surface area (Å²) >= 11 is 0. The van der Waals surface area contributed by atoms with Crippen LogP contribution in [0, 0.1) is 13.8 Å². The summed E-state index contributed by atoms with van der Waals surface area (Å²) in [5, 5.41) is 4.51. The molecule has 3 aromatic rings. The quantitative estimate of drug-likeness (QED) is 0.682. The van der Waals surface area contributed by atoms with Crippen molar-refractivity contribution in [2.24, 2.45) is 0 Å². The molecular weight excluding hydrogens is 246 g/mol. The first-order valence-corrected chi connectivity index (χ1v) is 6.62. The first kappa shape index (κ1) is 12.5. The minimum Gasteiger partial charge on any atom is -0.397 e. The second-order valence-corrected chi connectivity index (χ2v) is 5.05. The summed E-state index contributed by atoms with van der Waals surface area (Å²) in [7, 11) is 0. The highest BCUT2D eigenvalue weighted by atomic mass is 14.9. The standard InChI is InChI=1S/C17H17N3/c1-11-6-7-15(12(2)10-11)20-16-8-9-19-17-13(16)4-3-5-14(17)18/h3-10H,18H2,1-2H3,(H,19,20). The number of aromatic nitrogens is 1. The molecular formula is C17H17N3. The Labute approximate surface area is 118 Å². The van der Waals surface area contributed by atoms with E-state index in [9.17, 15) is 0 Å². The van der Waals surface area contributed by atoms with Crippen LogP contribution in [-0.4, -0.2) is 4.98 Å². The molecule has 0 amide bonds. The van der Waals surface area contributed by atoms with Crippen LogP contribution in [-0.2, 0) is 0 Å². The van der Waals surface area contributed by atoms with Crippen LogP contribution in [0.1, 0.15) is 11.1 Å². The van der Waals surface area contributed by atoms with Crippen molar-refractivity contribution in [2.45, 2.75) is 13.8 Å². The van der Waals surface area contributed by atoms with Gasteiger partial charge in [0.1, 0.15) is 0 Å². The van der Waals surface area contributed by atoms with Gasteiger partial charge in [0.15, 0.2) is 0 Å². The largest absolute Gasteiger partial charge is 0.397 e. The number of nitrogen functional groups attached to an aromatic ring is 1. The fourth-order valence-electron chi connectivity index (χ4n) is 2.41. The molecule has 0 aliphatic carbocycles. The number of nitrogens with zero attached hydrogens (tertiary/aromatic N) is 1. The molecule has 0 unspecified atom stereocenters. The van der Waals surface area contributed by atoms with Crippen LogP contribution < -0.4 is 11.1 Å². The topological polar surface area (TPSA) is 50.9 Å². The maximum atomic E-state index is 5.98. The third-order valence-corrected chi connectivity index (χ3v) is 3.45. The number of rotatable bonds is 2. The summed E-state index contributed by atoms with van der Waals surface area (Å²) in [5.41, 5.74) is 12.1. The van der Waals surface area contributed by atoms with E-state index in [1.807, 2.05) is 24.3 Å². The summed E-state index contributed by atoms with van der Waals surface area (Å²) in [6, 6.07) is 14.2. The zero-order valence-corrected chi connectivity index (χ0v) is 11.6. The van der Waals surface area contributed by atoms with E-state index < -0.39 is 0 Å². The van der Waals surface area contributed by atoms with Crippen molar-refractivity contribution < 1.29 is 0 Å². The lowest BCUT2D eigenvalue weighted by Gasteiger charge is -2.13. The molecule has 3 nitrogen and oxygen atoms in total. The van der Waals surface area contributed by atoms with Gasteiger partial charge in [0.25, 0.3) is 0 Å². The fourth-order valence-corrected chi connectivity index (χ4v) is 2.41. The van der Waals surface area contributed by atoms with Crippen LogP contribution in [0.2, 0.25) is 0 Å². The van der Waals surface area contributed by atoms with Gasteiger partial charge in [-0.2, -0.15) is 0 Å². The van der Waals surface area contributed by atoms with Crippen LogP contribution >= 0.6 is 0 Å². The molecule has 100 valence electrons. The zero-order chi connectivity index (χ0) is 14.1. The fraction of sp³-hybridized carbons (Fsp3) is 0.118. The number of hydrogen-bond acceptors (Lipinski definition) is 3. The Morgan fingerprint density at radius 2 is 1.85 bits per heavy atom. The summed E-state index contributed by atoms with van der Waals surface area (Å²) in [5.74, 6) is 0. The number of benzene rings is 2. The molecule has 1 aromatic heterocycles. The van der Waals surface area contributed by atoms with Crippen LogP contribution in [0.3, 0.4) is 0 Å². The minimum absolute atomic E-state index is 0.701. The molecule has 0 bridgehead atoms. The van der Waals surface area contributed by atoms with Gasteiger partial charge in [0, 0.05) is 23.0 Å². The van der Waals surface area contributed by atoms with E-state index in [1.165, 1.54) is 11.1 Å². The first-order valence-electron chi connectivity index (χ1n) is 6.62. The number of para-hydroxylation sites is 1. The van der Waals surface area contributed by atoms with Gasteiger partial charge in [-0.25, -0.2) is 0 Å². The molecule has 1 heterocycles. The van der Waals surface area contributed by atoms with Crippen LogP contribution in [0.25, 0.3) is 10.9 Å². The molecule has 0 atom stereocenters. The number of pyridine rings is 1. The van der Waals surface area contributed by atoms with Crippen molar-refractivity contribution in [3.05, 3.63) is 59.8 Å². The molecule has 20 heavy (non-hydrogen) atoms. The molecule has 0 fully saturated rings. The third-order valence-electron chi connectivity index (χ3n) is 3.45. The van der Waals surface area contributed by atoms with Gasteiger partial charge in [0.2, 0.25) is 0 Å². The first-order chi connectivity index (χ1) is 9.65. The Hall–Kier alpha value is -2.55. The van der Waals surface area contributed by atoms with E-state index in [0.29, 0.717) is 5.69 Å². The van der Waals surface area contributed by atoms with Crippen LogP contribution in [0.15, 0.2) is 48.7 Å². The summed E-state index contributed by atoms with van der Waals surface area (Å²) in [6.45, 7) is 4.20. The van der Waals surface area contributed by atoms with Crippen LogP contribution in [0.5, 0.6) is 0 Å². The molecule has 0 radical (unpaired) electrons. The van der Waals surface area contributed by atoms with Crippen molar-refractivity contribution in [3.8, 4) is 0 Å². The smallest absolute Gasteiger partial charge is 0.0951 e. The molecule has 3 N–H and O–H groups in total. The van der Waals surface area contributed by atoms with E-state index >= 15 is 0 Å². The Bertz CT molecular complexity index is 778. The van der Waals surface area contributed by atoms with Gasteiger partial charge in [-0.3, -0.25) is 4.98 Å². The highest BCUT2D eigenvalue weighted by Gasteiger charge is 2.06. The molecule has 0 spiro atoms. The summed E-state index contributed by atoms with van der Waals surface area (Å²) < 4.78 is 0. The molecule has 0 aliphatic heterocycles. The number of nitrogens with one attached hydrogen (secondary N) is 1. The normalized spacial score (nSPS) is 10.7. The highest BCUT2D eigenvalue weighted by molar-refractivity contribution is 5.98. The van der Waals surface area contributed by atoms with E-state index in [-0.39, 0.29) is 0 Å². The minimum atomic E-state index is 0.701. The van der Waals surface area contributed by atoms with Gasteiger partial charge < -0.3 is 11.1 Å². The van der Waals surface area contributed by atoms with Crippen molar-refractivity contribution in [3.63, 3.8) is 0 Å². The lowest BCUT2D eigenvalue weighted by molar-refractivity contribution is 1.36. The number of anilines is 3. The summed E-state index contributed by atoms with van der Waals surface area (Å²) in [6.07, 6.45) is 1.78. The molecule has 0 aliphatic rings. The molecule has 0 saturated carbocycles. The van der Waals surface area contributed by atoms with Gasteiger partial charge in [0.05, 0.1) is 11.2 Å². The van der Waals surface area contributed by atoms with Crippen molar-refractivity contribution in [1.82, 2.24) is 4.98 Å². The maximum Gasteiger partial charge on any atom is 0.0951 e. The van der Waals surface area contributed by atoms with E-state index in [1.54, 1.807) is 6.20 Å². The Morgan fingerprint density at radius 1 is 1.00 bits per heavy atom. The molecule has 3 heteroatoms. The monoisotopic (exact) mass is 263 g/mol. The predicted octanol–water partition coefficient (Wildman–Crippen LogP) is 4.18. The Kier molecular flexibility index (Phi) is 3.03. The predicted molar refractivity (Wildman–Crippen MR) is 85.4 cm³/mol. The second-order valence-electron chi connectivity index (χ2n) is 5.05. The SMILES string of the molecule is Cc1ccc(Nc2ccnc3c(N)cccc23)c(C)c1. The van der Waals surface area contributed by atoms with Crippen molar-refractivity contribution >= 4 is 28.0 Å². The molecule has 2 aromatic carbocycles. The third kappa shape index (κ3) is 2.18. The van der Waals surface area contributed by atoms with Gasteiger partial charge in [-0.15, -0.1) is 0 Å². The number of aryl methyl sites for hydroxylation is 2. The maximum absolute atomic E-state index is 5.98. The Balaban J connectivity index is 2.09. The second kappa shape index (κ2) is 4.85. The van der Waals surface area contributed by atoms with E-state index in [4.69, 9.17) is 5.73 Å². The highest BCUT2D eigenvalue weighted by Crippen LogP contribution is 2.29. The molecule has 3 rings (SSSR count). The summed E-state index contributed by atoms with van der Waals surface area (Å²) in [4.78, 5) is 4.35. The van der Waals surface area contributed by atoms with E-state index in [0.717, 1.165) is 22.3 Å². The van der Waals surface area contributed by atoms with Gasteiger partial charge in [-0.1, -0.05) is 29.8 Å². The average Bonchev–Trinajstić information content (AvgIpc) is 2.43. The zero-order valence-electron chi connectivity index (χ0n) is 11.6. The van der Waals surface area contributed by atoms with Gasteiger partial charge >= 0.3 is 0 Å².